The van der Waals surface area contributed by atoms with Gasteiger partial charge in [0.1, 0.15) is 0 Å². The van der Waals surface area contributed by atoms with E-state index in [-0.39, 0.29) is 0 Å². The third-order valence-corrected chi connectivity index (χ3v) is 4.05. The maximum absolute atomic E-state index is 5.43. The first-order chi connectivity index (χ1) is 10.4. The standard InChI is InChI=1S/C15H18N4O2/c1-2-12(9-13-10-16-4-3-11(1)13)14-17-15(18-21-14)19-5-7-20-8-6-19/h1-2,9,16H,3-8,10H2. The second kappa shape index (κ2) is 5.46. The molecule has 1 saturated heterocycles. The van der Waals surface area contributed by atoms with Crippen LogP contribution in [0.2, 0.25) is 0 Å². The molecule has 6 heteroatoms. The van der Waals surface area contributed by atoms with Crippen LogP contribution in [0.1, 0.15) is 11.1 Å². The van der Waals surface area contributed by atoms with Gasteiger partial charge in [-0.05, 0) is 41.4 Å². The summed E-state index contributed by atoms with van der Waals surface area (Å²) >= 11 is 0. The molecular formula is C15H18N4O2. The predicted octanol–water partition coefficient (Wildman–Crippen LogP) is 1.22. The molecule has 0 amide bonds. The summed E-state index contributed by atoms with van der Waals surface area (Å²) in [4.78, 5) is 6.62. The van der Waals surface area contributed by atoms with Crippen molar-refractivity contribution in [3.8, 4) is 11.5 Å². The first kappa shape index (κ1) is 12.8. The SMILES string of the molecule is c1cc2c(cc1-c1nc(N3CCOCC3)no1)CNCC2. The summed E-state index contributed by atoms with van der Waals surface area (Å²) in [5.41, 5.74) is 3.72. The Balaban J connectivity index is 1.60. The third kappa shape index (κ3) is 2.52. The molecule has 2 aliphatic rings. The molecule has 4 rings (SSSR count). The van der Waals surface area contributed by atoms with Gasteiger partial charge in [-0.2, -0.15) is 4.98 Å². The Kier molecular flexibility index (Phi) is 3.33. The molecule has 1 N–H and O–H groups in total. The van der Waals surface area contributed by atoms with E-state index in [9.17, 15) is 0 Å². The van der Waals surface area contributed by atoms with Crippen LogP contribution in [0.3, 0.4) is 0 Å². The highest BCUT2D eigenvalue weighted by Gasteiger charge is 2.18. The van der Waals surface area contributed by atoms with E-state index in [1.54, 1.807) is 0 Å². The van der Waals surface area contributed by atoms with E-state index in [2.05, 4.69) is 38.6 Å². The van der Waals surface area contributed by atoms with Crippen LogP contribution in [0, 0.1) is 0 Å². The number of hydrogen-bond donors (Lipinski definition) is 1. The zero-order valence-corrected chi connectivity index (χ0v) is 11.8. The molecule has 21 heavy (non-hydrogen) atoms. The monoisotopic (exact) mass is 286 g/mol. The van der Waals surface area contributed by atoms with Gasteiger partial charge in [0.2, 0.25) is 0 Å². The van der Waals surface area contributed by atoms with Gasteiger partial charge in [-0.15, -0.1) is 0 Å². The van der Waals surface area contributed by atoms with Crippen LogP contribution < -0.4 is 10.2 Å². The Labute approximate surface area is 123 Å². The number of nitrogens with one attached hydrogen (secondary N) is 1. The minimum atomic E-state index is 0.588. The van der Waals surface area contributed by atoms with Crippen LogP contribution in [0.15, 0.2) is 22.7 Å². The number of fused-ring (bicyclic) bond motifs is 1. The maximum atomic E-state index is 5.43. The van der Waals surface area contributed by atoms with E-state index < -0.39 is 0 Å². The van der Waals surface area contributed by atoms with Crippen molar-refractivity contribution in [3.05, 3.63) is 29.3 Å². The number of rotatable bonds is 2. The molecule has 0 unspecified atom stereocenters. The molecular weight excluding hydrogens is 268 g/mol. The second-order valence-electron chi connectivity index (χ2n) is 5.41. The predicted molar refractivity (Wildman–Crippen MR) is 78.2 cm³/mol. The highest BCUT2D eigenvalue weighted by molar-refractivity contribution is 5.57. The summed E-state index contributed by atoms with van der Waals surface area (Å²) in [5.74, 6) is 1.24. The lowest BCUT2D eigenvalue weighted by molar-refractivity contribution is 0.121. The largest absolute Gasteiger partial charge is 0.378 e. The van der Waals surface area contributed by atoms with E-state index in [1.807, 2.05) is 0 Å². The van der Waals surface area contributed by atoms with Crippen LogP contribution in [-0.2, 0) is 17.7 Å². The van der Waals surface area contributed by atoms with Crippen molar-refractivity contribution in [1.82, 2.24) is 15.5 Å². The van der Waals surface area contributed by atoms with Crippen molar-refractivity contribution < 1.29 is 9.26 Å². The molecule has 2 aliphatic heterocycles. The molecule has 0 saturated carbocycles. The summed E-state index contributed by atoms with van der Waals surface area (Å²) in [6.07, 6.45) is 1.08. The minimum absolute atomic E-state index is 0.588. The van der Waals surface area contributed by atoms with E-state index in [4.69, 9.17) is 9.26 Å². The Morgan fingerprint density at radius 1 is 1.14 bits per heavy atom. The average Bonchev–Trinajstić information content (AvgIpc) is 3.05. The number of anilines is 1. The van der Waals surface area contributed by atoms with Gasteiger partial charge in [-0.1, -0.05) is 6.07 Å². The third-order valence-electron chi connectivity index (χ3n) is 4.05. The normalized spacial score (nSPS) is 18.6. The first-order valence-electron chi connectivity index (χ1n) is 7.39. The maximum Gasteiger partial charge on any atom is 0.266 e. The van der Waals surface area contributed by atoms with Crippen molar-refractivity contribution in [2.45, 2.75) is 13.0 Å². The average molecular weight is 286 g/mol. The van der Waals surface area contributed by atoms with Gasteiger partial charge >= 0.3 is 0 Å². The van der Waals surface area contributed by atoms with Gasteiger partial charge in [-0.3, -0.25) is 0 Å². The summed E-state index contributed by atoms with van der Waals surface area (Å²) in [7, 11) is 0. The van der Waals surface area contributed by atoms with Gasteiger partial charge < -0.3 is 19.5 Å². The highest BCUT2D eigenvalue weighted by atomic mass is 16.5. The molecule has 3 heterocycles. The fraction of sp³-hybridized carbons (Fsp3) is 0.467. The fourth-order valence-corrected chi connectivity index (χ4v) is 2.84. The molecule has 1 aromatic heterocycles. The zero-order chi connectivity index (χ0) is 14.1. The van der Waals surface area contributed by atoms with E-state index in [0.29, 0.717) is 25.1 Å². The van der Waals surface area contributed by atoms with Crippen LogP contribution >= 0.6 is 0 Å². The van der Waals surface area contributed by atoms with E-state index in [0.717, 1.165) is 38.2 Å². The van der Waals surface area contributed by atoms with Gasteiger partial charge in [-0.25, -0.2) is 0 Å². The Morgan fingerprint density at radius 3 is 2.95 bits per heavy atom. The second-order valence-corrected chi connectivity index (χ2v) is 5.41. The van der Waals surface area contributed by atoms with Gasteiger partial charge in [0.25, 0.3) is 11.8 Å². The lowest BCUT2D eigenvalue weighted by Gasteiger charge is -2.24. The van der Waals surface area contributed by atoms with Gasteiger partial charge in [0.15, 0.2) is 0 Å². The number of hydrogen-bond acceptors (Lipinski definition) is 6. The molecule has 6 nitrogen and oxygen atoms in total. The smallest absolute Gasteiger partial charge is 0.266 e. The molecule has 1 aromatic carbocycles. The Bertz CT molecular complexity index is 634. The number of benzene rings is 1. The van der Waals surface area contributed by atoms with Crippen molar-refractivity contribution in [3.63, 3.8) is 0 Å². The summed E-state index contributed by atoms with van der Waals surface area (Å²) in [5, 5.41) is 7.48. The number of morpholine rings is 1. The van der Waals surface area contributed by atoms with E-state index >= 15 is 0 Å². The number of ether oxygens (including phenoxy) is 1. The number of nitrogens with zero attached hydrogens (tertiary/aromatic N) is 3. The van der Waals surface area contributed by atoms with Gasteiger partial charge in [0.05, 0.1) is 13.2 Å². The van der Waals surface area contributed by atoms with Crippen LogP contribution in [0.25, 0.3) is 11.5 Å². The van der Waals surface area contributed by atoms with Crippen LogP contribution in [-0.4, -0.2) is 43.0 Å². The number of aromatic nitrogens is 2. The molecule has 0 bridgehead atoms. The molecule has 2 aromatic rings. The zero-order valence-electron chi connectivity index (χ0n) is 11.8. The molecule has 1 fully saturated rings. The molecule has 0 aliphatic carbocycles. The topological polar surface area (TPSA) is 63.4 Å². The quantitative estimate of drug-likeness (QED) is 0.895. The molecule has 0 radical (unpaired) electrons. The summed E-state index contributed by atoms with van der Waals surface area (Å²) in [6, 6.07) is 6.39. The minimum Gasteiger partial charge on any atom is -0.378 e. The van der Waals surface area contributed by atoms with Crippen molar-refractivity contribution in [2.75, 3.05) is 37.7 Å². The van der Waals surface area contributed by atoms with Crippen LogP contribution in [0.4, 0.5) is 5.95 Å². The Morgan fingerprint density at radius 2 is 2.05 bits per heavy atom. The van der Waals surface area contributed by atoms with Crippen molar-refractivity contribution in [1.29, 1.82) is 0 Å². The van der Waals surface area contributed by atoms with E-state index in [1.165, 1.54) is 11.1 Å². The van der Waals surface area contributed by atoms with Crippen molar-refractivity contribution >= 4 is 5.95 Å². The summed E-state index contributed by atoms with van der Waals surface area (Å²) in [6.45, 7) is 5.02. The van der Waals surface area contributed by atoms with Crippen molar-refractivity contribution in [2.24, 2.45) is 0 Å². The summed E-state index contributed by atoms with van der Waals surface area (Å²) < 4.78 is 10.8. The first-order valence-corrected chi connectivity index (χ1v) is 7.39. The van der Waals surface area contributed by atoms with Gasteiger partial charge in [0, 0.05) is 25.2 Å². The molecule has 0 atom stereocenters. The fourth-order valence-electron chi connectivity index (χ4n) is 2.84. The van der Waals surface area contributed by atoms with Crippen LogP contribution in [0.5, 0.6) is 0 Å². The molecule has 110 valence electrons. The highest BCUT2D eigenvalue weighted by Crippen LogP contribution is 2.24. The lowest BCUT2D eigenvalue weighted by Crippen LogP contribution is -2.36. The molecule has 0 spiro atoms. The Hall–Kier alpha value is -1.92. The lowest BCUT2D eigenvalue weighted by atomic mass is 9.98.